The third-order valence-electron chi connectivity index (χ3n) is 2.56. The van der Waals surface area contributed by atoms with Gasteiger partial charge in [0.15, 0.2) is 12.4 Å². The molecule has 0 fully saturated rings. The van der Waals surface area contributed by atoms with Crippen LogP contribution in [0.15, 0.2) is 48.8 Å². The zero-order valence-electron chi connectivity index (χ0n) is 9.77. The average Bonchev–Trinajstić information content (AvgIpc) is 2.30. The molecule has 1 N–H and O–H groups in total. The van der Waals surface area contributed by atoms with Crippen molar-refractivity contribution in [3.8, 4) is 0 Å². The van der Waals surface area contributed by atoms with Crippen molar-refractivity contribution in [2.24, 2.45) is 0 Å². The summed E-state index contributed by atoms with van der Waals surface area (Å²) in [5, 5.41) is 3.38. The van der Waals surface area contributed by atoms with Gasteiger partial charge in [-0.1, -0.05) is 12.1 Å². The van der Waals surface area contributed by atoms with Gasteiger partial charge in [-0.25, -0.2) is 4.57 Å². The quantitative estimate of drug-likeness (QED) is 0.775. The second-order valence-electron chi connectivity index (χ2n) is 3.91. The Kier molecular flexibility index (Phi) is 3.20. The molecule has 2 nitrogen and oxygen atoms in total. The number of nitrogens with one attached hydrogen (secondary N) is 1. The van der Waals surface area contributed by atoms with E-state index in [1.54, 1.807) is 0 Å². The number of aryl methyl sites for hydroxylation is 2. The third-order valence-corrected chi connectivity index (χ3v) is 2.56. The maximum atomic E-state index is 3.38. The average molecular weight is 213 g/mol. The van der Waals surface area contributed by atoms with Crippen LogP contribution in [0.3, 0.4) is 0 Å². The molecule has 0 amide bonds. The molecule has 1 aromatic carbocycles. The first-order valence-corrected chi connectivity index (χ1v) is 5.61. The maximum Gasteiger partial charge on any atom is 0.170 e. The van der Waals surface area contributed by atoms with Crippen molar-refractivity contribution in [2.45, 2.75) is 20.4 Å². The van der Waals surface area contributed by atoms with E-state index in [0.29, 0.717) is 0 Å². The summed E-state index contributed by atoms with van der Waals surface area (Å²) >= 11 is 0. The van der Waals surface area contributed by atoms with E-state index in [1.807, 2.05) is 0 Å². The first-order valence-electron chi connectivity index (χ1n) is 5.61. The molecule has 0 aliphatic heterocycles. The molecule has 16 heavy (non-hydrogen) atoms. The fourth-order valence-corrected chi connectivity index (χ4v) is 1.64. The predicted octanol–water partition coefficient (Wildman–Crippen LogP) is 3.05. The number of aromatic nitrogens is 1. The summed E-state index contributed by atoms with van der Waals surface area (Å²) in [6.07, 6.45) is 4.16. The molecule has 0 unspecified atom stereocenters. The summed E-state index contributed by atoms with van der Waals surface area (Å²) < 4.78 is 2.14. The fraction of sp³-hybridized carbons (Fsp3) is 0.214. The Bertz CT molecular complexity index is 460. The Hall–Kier alpha value is -1.83. The predicted molar refractivity (Wildman–Crippen MR) is 66.8 cm³/mol. The normalized spacial score (nSPS) is 10.1. The van der Waals surface area contributed by atoms with E-state index in [1.165, 1.54) is 5.56 Å². The number of benzene rings is 1. The first-order chi connectivity index (χ1) is 7.78. The molecule has 0 bridgehead atoms. The van der Waals surface area contributed by atoms with Crippen LogP contribution < -0.4 is 9.88 Å². The molecule has 0 aliphatic rings. The largest absolute Gasteiger partial charge is 0.355 e. The van der Waals surface area contributed by atoms with Crippen LogP contribution in [0.1, 0.15) is 12.5 Å². The highest BCUT2D eigenvalue weighted by Gasteiger charge is 1.98. The van der Waals surface area contributed by atoms with Crippen LogP contribution in [0.5, 0.6) is 0 Å². The minimum absolute atomic E-state index is 1.00. The summed E-state index contributed by atoms with van der Waals surface area (Å²) in [6, 6.07) is 12.6. The summed E-state index contributed by atoms with van der Waals surface area (Å²) in [5.41, 5.74) is 3.52. The van der Waals surface area contributed by atoms with Crippen molar-refractivity contribution >= 4 is 11.4 Å². The molecule has 2 rings (SSSR count). The Labute approximate surface area is 96.6 Å². The number of hydrogen-bond donors (Lipinski definition) is 1. The second-order valence-corrected chi connectivity index (χ2v) is 3.91. The van der Waals surface area contributed by atoms with E-state index < -0.39 is 0 Å². The minimum atomic E-state index is 1.00. The smallest absolute Gasteiger partial charge is 0.170 e. The molecule has 2 heteroatoms. The Morgan fingerprint density at radius 3 is 2.44 bits per heavy atom. The lowest BCUT2D eigenvalue weighted by Gasteiger charge is -2.05. The van der Waals surface area contributed by atoms with Gasteiger partial charge in [-0.2, -0.15) is 0 Å². The van der Waals surface area contributed by atoms with Crippen LogP contribution in [0.2, 0.25) is 0 Å². The number of rotatable bonds is 3. The lowest BCUT2D eigenvalue weighted by atomic mass is 10.2. The van der Waals surface area contributed by atoms with E-state index in [0.717, 1.165) is 17.9 Å². The van der Waals surface area contributed by atoms with Gasteiger partial charge in [0.1, 0.15) is 6.54 Å². The monoisotopic (exact) mass is 213 g/mol. The topological polar surface area (TPSA) is 15.9 Å². The van der Waals surface area contributed by atoms with Crippen molar-refractivity contribution < 1.29 is 4.57 Å². The highest BCUT2D eigenvalue weighted by atomic mass is 14.9. The van der Waals surface area contributed by atoms with Gasteiger partial charge in [0, 0.05) is 17.8 Å². The molecule has 0 saturated heterocycles. The van der Waals surface area contributed by atoms with Crippen molar-refractivity contribution in [1.29, 1.82) is 0 Å². The standard InChI is InChI=1S/C14H16N2/c1-3-16-9-7-13(8-10-16)15-14-6-4-5-12(2)11-14/h4-11H,3H2,1-2H3/p+1. The van der Waals surface area contributed by atoms with E-state index >= 15 is 0 Å². The van der Waals surface area contributed by atoms with Gasteiger partial charge in [0.25, 0.3) is 0 Å². The van der Waals surface area contributed by atoms with Gasteiger partial charge in [-0.05, 0) is 31.5 Å². The number of pyridine rings is 1. The van der Waals surface area contributed by atoms with E-state index in [4.69, 9.17) is 0 Å². The number of anilines is 2. The van der Waals surface area contributed by atoms with Gasteiger partial charge in [-0.15, -0.1) is 0 Å². The van der Waals surface area contributed by atoms with Crippen molar-refractivity contribution in [3.63, 3.8) is 0 Å². The van der Waals surface area contributed by atoms with E-state index in [2.05, 4.69) is 72.5 Å². The fourth-order valence-electron chi connectivity index (χ4n) is 1.64. The highest BCUT2D eigenvalue weighted by Crippen LogP contribution is 2.15. The van der Waals surface area contributed by atoms with E-state index in [9.17, 15) is 0 Å². The summed E-state index contributed by atoms with van der Waals surface area (Å²) in [5.74, 6) is 0. The Morgan fingerprint density at radius 2 is 1.81 bits per heavy atom. The van der Waals surface area contributed by atoms with Gasteiger partial charge in [0.2, 0.25) is 0 Å². The molecule has 0 spiro atoms. The van der Waals surface area contributed by atoms with Crippen LogP contribution in [-0.4, -0.2) is 0 Å². The Balaban J connectivity index is 2.14. The van der Waals surface area contributed by atoms with Crippen LogP contribution in [-0.2, 0) is 6.54 Å². The van der Waals surface area contributed by atoms with Gasteiger partial charge in [0.05, 0.1) is 5.69 Å². The molecule has 1 aromatic heterocycles. The van der Waals surface area contributed by atoms with Crippen LogP contribution in [0, 0.1) is 6.92 Å². The van der Waals surface area contributed by atoms with Gasteiger partial charge >= 0.3 is 0 Å². The molecule has 1 heterocycles. The van der Waals surface area contributed by atoms with Crippen LogP contribution in [0.4, 0.5) is 11.4 Å². The lowest BCUT2D eigenvalue weighted by Crippen LogP contribution is -2.30. The molecule has 82 valence electrons. The molecular formula is C14H17N2+. The minimum Gasteiger partial charge on any atom is -0.355 e. The third kappa shape index (κ3) is 2.60. The zero-order valence-corrected chi connectivity index (χ0v) is 9.77. The zero-order chi connectivity index (χ0) is 11.4. The SMILES string of the molecule is CC[n+]1ccc(Nc2cccc(C)c2)cc1. The van der Waals surface area contributed by atoms with Crippen molar-refractivity contribution in [1.82, 2.24) is 0 Å². The molecule has 0 aliphatic carbocycles. The molecule has 0 radical (unpaired) electrons. The molecule has 0 atom stereocenters. The van der Waals surface area contributed by atoms with E-state index in [-0.39, 0.29) is 0 Å². The first kappa shape index (κ1) is 10.7. The van der Waals surface area contributed by atoms with Crippen LogP contribution >= 0.6 is 0 Å². The Morgan fingerprint density at radius 1 is 1.06 bits per heavy atom. The molecular weight excluding hydrogens is 196 g/mol. The second kappa shape index (κ2) is 4.79. The van der Waals surface area contributed by atoms with Crippen molar-refractivity contribution in [3.05, 3.63) is 54.4 Å². The van der Waals surface area contributed by atoms with Gasteiger partial charge < -0.3 is 5.32 Å². The maximum absolute atomic E-state index is 3.38. The summed E-state index contributed by atoms with van der Waals surface area (Å²) in [7, 11) is 0. The number of nitrogens with zero attached hydrogens (tertiary/aromatic N) is 1. The molecule has 2 aromatic rings. The molecule has 0 saturated carbocycles. The summed E-state index contributed by atoms with van der Waals surface area (Å²) in [4.78, 5) is 0. The van der Waals surface area contributed by atoms with Crippen LogP contribution in [0.25, 0.3) is 0 Å². The van der Waals surface area contributed by atoms with Gasteiger partial charge in [-0.3, -0.25) is 0 Å². The summed E-state index contributed by atoms with van der Waals surface area (Å²) in [6.45, 7) is 5.24. The number of hydrogen-bond acceptors (Lipinski definition) is 1. The lowest BCUT2D eigenvalue weighted by molar-refractivity contribution is -0.693. The van der Waals surface area contributed by atoms with Crippen molar-refractivity contribution in [2.75, 3.05) is 5.32 Å². The highest BCUT2D eigenvalue weighted by molar-refractivity contribution is 5.59.